The molecule has 2 heterocycles. The SMILES string of the molecule is O=P1(c2ccc(-n3c4ccccc4c4ccccc43)cc2)c2ccccc2-c2ccccc21. The van der Waals surface area contributed by atoms with Crippen LogP contribution in [0.15, 0.2) is 121 Å². The maximum atomic E-state index is 14.7. The van der Waals surface area contributed by atoms with Gasteiger partial charge in [0.05, 0.1) is 11.0 Å². The van der Waals surface area contributed by atoms with E-state index in [9.17, 15) is 4.57 Å². The lowest BCUT2D eigenvalue weighted by molar-refractivity contribution is 0.593. The molecule has 0 unspecified atom stereocenters. The summed E-state index contributed by atoms with van der Waals surface area (Å²) in [7, 11) is -2.90. The van der Waals surface area contributed by atoms with Crippen LogP contribution in [0.3, 0.4) is 0 Å². The van der Waals surface area contributed by atoms with E-state index in [2.05, 4.69) is 89.5 Å². The number of nitrogens with zero attached hydrogens (tertiary/aromatic N) is 1. The van der Waals surface area contributed by atoms with E-state index in [0.29, 0.717) is 0 Å². The average molecular weight is 441 g/mol. The Bertz CT molecular complexity index is 1640. The zero-order chi connectivity index (χ0) is 22.0. The summed E-state index contributed by atoms with van der Waals surface area (Å²) < 4.78 is 17.0. The third kappa shape index (κ3) is 2.47. The van der Waals surface area contributed by atoms with Gasteiger partial charge >= 0.3 is 0 Å². The van der Waals surface area contributed by atoms with Gasteiger partial charge < -0.3 is 9.13 Å². The van der Waals surface area contributed by atoms with Gasteiger partial charge in [-0.3, -0.25) is 0 Å². The second kappa shape index (κ2) is 6.81. The van der Waals surface area contributed by atoms with Crippen molar-refractivity contribution in [2.75, 3.05) is 0 Å². The number of fused-ring (bicyclic) bond motifs is 6. The molecule has 0 bridgehead atoms. The average Bonchev–Trinajstić information content (AvgIpc) is 3.36. The summed E-state index contributed by atoms with van der Waals surface area (Å²) in [6.07, 6.45) is 0. The number of para-hydroxylation sites is 2. The van der Waals surface area contributed by atoms with Crippen LogP contribution in [0.2, 0.25) is 0 Å². The Morgan fingerprint density at radius 3 is 1.48 bits per heavy atom. The van der Waals surface area contributed by atoms with Crippen LogP contribution in [0.25, 0.3) is 38.6 Å². The summed E-state index contributed by atoms with van der Waals surface area (Å²) in [6.45, 7) is 0. The van der Waals surface area contributed by atoms with Gasteiger partial charge in [0, 0.05) is 32.4 Å². The van der Waals surface area contributed by atoms with Crippen LogP contribution in [-0.4, -0.2) is 4.57 Å². The first-order valence-electron chi connectivity index (χ1n) is 11.2. The minimum absolute atomic E-state index is 0.879. The third-order valence-corrected chi connectivity index (χ3v) is 9.99. The molecule has 0 radical (unpaired) electrons. The zero-order valence-corrected chi connectivity index (χ0v) is 18.7. The summed E-state index contributed by atoms with van der Waals surface area (Å²) in [6, 6.07) is 41.6. The number of hydrogen-bond donors (Lipinski definition) is 0. The largest absolute Gasteiger partial charge is 0.309 e. The van der Waals surface area contributed by atoms with Gasteiger partial charge in [-0.1, -0.05) is 84.9 Å². The van der Waals surface area contributed by atoms with Crippen LogP contribution in [0.1, 0.15) is 0 Å². The van der Waals surface area contributed by atoms with E-state index in [0.717, 1.165) is 32.7 Å². The van der Waals surface area contributed by atoms with Crippen molar-refractivity contribution in [2.24, 2.45) is 0 Å². The molecule has 1 aliphatic heterocycles. The molecule has 1 aromatic heterocycles. The maximum absolute atomic E-state index is 14.7. The molecule has 0 fully saturated rings. The molecule has 0 amide bonds. The quantitative estimate of drug-likeness (QED) is 0.285. The van der Waals surface area contributed by atoms with E-state index in [1.54, 1.807) is 0 Å². The van der Waals surface area contributed by atoms with Crippen LogP contribution >= 0.6 is 7.14 Å². The lowest BCUT2D eigenvalue weighted by Crippen LogP contribution is -2.20. The topological polar surface area (TPSA) is 22.0 Å². The summed E-state index contributed by atoms with van der Waals surface area (Å²) in [5.41, 5.74) is 5.60. The molecular weight excluding hydrogens is 421 g/mol. The molecule has 0 spiro atoms. The van der Waals surface area contributed by atoms with Crippen LogP contribution < -0.4 is 15.9 Å². The Morgan fingerprint density at radius 2 is 0.939 bits per heavy atom. The lowest BCUT2D eigenvalue weighted by atomic mass is 10.1. The molecule has 0 aliphatic carbocycles. The Balaban J connectivity index is 1.44. The minimum Gasteiger partial charge on any atom is -0.309 e. The molecule has 156 valence electrons. The molecule has 0 saturated heterocycles. The van der Waals surface area contributed by atoms with Crippen molar-refractivity contribution in [2.45, 2.75) is 0 Å². The predicted octanol–water partition coefficient (Wildman–Crippen LogP) is 6.40. The van der Waals surface area contributed by atoms with Gasteiger partial charge in [0.15, 0.2) is 7.14 Å². The fourth-order valence-electron chi connectivity index (χ4n) is 5.37. The van der Waals surface area contributed by atoms with Crippen molar-refractivity contribution in [1.82, 2.24) is 4.57 Å². The zero-order valence-electron chi connectivity index (χ0n) is 17.8. The normalized spacial score (nSPS) is 13.8. The van der Waals surface area contributed by atoms with Gasteiger partial charge in [-0.2, -0.15) is 0 Å². The van der Waals surface area contributed by atoms with Gasteiger partial charge in [-0.25, -0.2) is 0 Å². The first-order chi connectivity index (χ1) is 16.3. The van der Waals surface area contributed by atoms with Crippen LogP contribution in [0.5, 0.6) is 0 Å². The van der Waals surface area contributed by atoms with Crippen molar-refractivity contribution >= 4 is 44.9 Å². The van der Waals surface area contributed by atoms with E-state index < -0.39 is 7.14 Å². The second-order valence-electron chi connectivity index (χ2n) is 8.53. The fourth-order valence-corrected chi connectivity index (χ4v) is 8.42. The van der Waals surface area contributed by atoms with Crippen molar-refractivity contribution in [1.29, 1.82) is 0 Å². The molecular formula is C30H20NOP. The molecule has 0 saturated carbocycles. The predicted molar refractivity (Wildman–Crippen MR) is 139 cm³/mol. The highest BCUT2D eigenvalue weighted by molar-refractivity contribution is 7.86. The van der Waals surface area contributed by atoms with E-state index in [4.69, 9.17) is 0 Å². The van der Waals surface area contributed by atoms with E-state index in [1.807, 2.05) is 36.4 Å². The lowest BCUT2D eigenvalue weighted by Gasteiger charge is -2.17. The number of benzene rings is 5. The highest BCUT2D eigenvalue weighted by atomic mass is 31.2. The van der Waals surface area contributed by atoms with Crippen LogP contribution in [0, 0.1) is 0 Å². The monoisotopic (exact) mass is 441 g/mol. The van der Waals surface area contributed by atoms with Gasteiger partial charge in [-0.15, -0.1) is 0 Å². The Labute approximate surface area is 192 Å². The molecule has 2 nitrogen and oxygen atoms in total. The van der Waals surface area contributed by atoms with E-state index >= 15 is 0 Å². The van der Waals surface area contributed by atoms with Crippen LogP contribution in [-0.2, 0) is 4.57 Å². The second-order valence-corrected chi connectivity index (χ2v) is 11.2. The summed E-state index contributed by atoms with van der Waals surface area (Å²) >= 11 is 0. The van der Waals surface area contributed by atoms with Gasteiger partial charge in [-0.05, 0) is 47.5 Å². The summed E-state index contributed by atoms with van der Waals surface area (Å²) in [4.78, 5) is 0. The van der Waals surface area contributed by atoms with Gasteiger partial charge in [0.25, 0.3) is 0 Å². The number of rotatable bonds is 2. The van der Waals surface area contributed by atoms with E-state index in [-0.39, 0.29) is 0 Å². The van der Waals surface area contributed by atoms with Crippen molar-refractivity contribution in [3.8, 4) is 16.8 Å². The highest BCUT2D eigenvalue weighted by Gasteiger charge is 2.39. The number of hydrogen-bond acceptors (Lipinski definition) is 1. The third-order valence-electron chi connectivity index (χ3n) is 6.83. The first kappa shape index (κ1) is 18.7. The first-order valence-corrected chi connectivity index (χ1v) is 12.9. The molecule has 5 aromatic carbocycles. The van der Waals surface area contributed by atoms with Gasteiger partial charge in [0.1, 0.15) is 0 Å². The smallest absolute Gasteiger partial charge is 0.172 e. The molecule has 1 aliphatic rings. The Kier molecular flexibility index (Phi) is 3.86. The molecule has 33 heavy (non-hydrogen) atoms. The minimum atomic E-state index is -2.90. The molecule has 0 N–H and O–H groups in total. The molecule has 6 aromatic rings. The van der Waals surface area contributed by atoms with Crippen molar-refractivity contribution in [3.05, 3.63) is 121 Å². The van der Waals surface area contributed by atoms with Crippen LogP contribution in [0.4, 0.5) is 0 Å². The Morgan fingerprint density at radius 1 is 0.485 bits per heavy atom. The Hall–Kier alpha value is -3.87. The highest BCUT2D eigenvalue weighted by Crippen LogP contribution is 2.52. The van der Waals surface area contributed by atoms with Gasteiger partial charge in [0.2, 0.25) is 0 Å². The van der Waals surface area contributed by atoms with E-state index in [1.165, 1.54) is 21.8 Å². The molecule has 0 atom stereocenters. The molecule has 3 heteroatoms. The van der Waals surface area contributed by atoms with Crippen molar-refractivity contribution in [3.63, 3.8) is 0 Å². The standard InChI is InChI=1S/C30H20NOP/c32-33(29-15-7-3-11-25(29)26-12-4-8-16-30(26)33)22-19-17-21(18-20-22)31-27-13-5-1-9-23(27)24-10-2-6-14-28(24)31/h1-20H. The molecule has 7 rings (SSSR count). The van der Waals surface area contributed by atoms with Crippen molar-refractivity contribution < 1.29 is 4.57 Å². The maximum Gasteiger partial charge on any atom is 0.172 e. The number of aromatic nitrogens is 1. The summed E-state index contributed by atoms with van der Waals surface area (Å²) in [5.74, 6) is 0. The summed E-state index contributed by atoms with van der Waals surface area (Å²) in [5, 5.41) is 5.24. The fraction of sp³-hybridized carbons (Fsp3) is 0.